The number of rotatable bonds is 5. The minimum atomic E-state index is -0.326. The fourth-order valence-electron chi connectivity index (χ4n) is 2.70. The first-order valence-corrected chi connectivity index (χ1v) is 8.33. The van der Waals surface area contributed by atoms with Crippen LogP contribution in [-0.2, 0) is 4.74 Å². The first-order valence-electron chi connectivity index (χ1n) is 8.33. The van der Waals surface area contributed by atoms with Crippen LogP contribution >= 0.6 is 0 Å². The van der Waals surface area contributed by atoms with Crippen molar-refractivity contribution in [3.05, 3.63) is 90.0 Å². The molecule has 0 radical (unpaired) electrons. The fraction of sp³-hybridized carbons (Fsp3) is 0.136. The molecule has 4 heteroatoms. The van der Waals surface area contributed by atoms with Crippen LogP contribution < -0.4 is 0 Å². The van der Waals surface area contributed by atoms with Gasteiger partial charge in [0, 0.05) is 0 Å². The normalized spacial score (nSPS) is 11.3. The second kappa shape index (κ2) is 8.15. The first kappa shape index (κ1) is 18.3. The number of phenols is 1. The Morgan fingerprint density at radius 3 is 1.96 bits per heavy atom. The molecule has 3 aromatic carbocycles. The SMILES string of the molecule is CCC(OC(=O)c1ccc(-c2ccc(O)cc2)cc1)c1ccccc1.[Rf]. The Morgan fingerprint density at radius 1 is 0.885 bits per heavy atom. The van der Waals surface area contributed by atoms with Crippen molar-refractivity contribution in [3.8, 4) is 16.9 Å². The molecule has 3 aromatic rings. The van der Waals surface area contributed by atoms with Gasteiger partial charge in [0.25, 0.3) is 0 Å². The molecule has 1 atom stereocenters. The van der Waals surface area contributed by atoms with Gasteiger partial charge in [0.2, 0.25) is 0 Å². The number of esters is 1. The molecule has 1 N–H and O–H groups in total. The number of hydrogen-bond donors (Lipinski definition) is 1. The quantitative estimate of drug-likeness (QED) is 0.402. The fourth-order valence-corrected chi connectivity index (χ4v) is 2.70. The molecule has 0 spiro atoms. The van der Waals surface area contributed by atoms with Crippen molar-refractivity contribution in [2.45, 2.75) is 19.4 Å². The van der Waals surface area contributed by atoms with Gasteiger partial charge >= 0.3 is 5.97 Å². The Kier molecular flexibility index (Phi) is 5.73. The molecular weight excluding hydrogens is 579 g/mol. The summed E-state index contributed by atoms with van der Waals surface area (Å²) in [5.74, 6) is -0.0940. The van der Waals surface area contributed by atoms with Crippen LogP contribution in [0.4, 0.5) is 0 Å². The second-order valence-corrected chi connectivity index (χ2v) is 5.84. The summed E-state index contributed by atoms with van der Waals surface area (Å²) in [7, 11) is 0. The molecule has 0 bridgehead atoms. The van der Waals surface area contributed by atoms with E-state index in [0.29, 0.717) is 5.56 Å². The van der Waals surface area contributed by atoms with Gasteiger partial charge in [0.15, 0.2) is 0 Å². The van der Waals surface area contributed by atoms with E-state index in [1.807, 2.05) is 61.5 Å². The van der Waals surface area contributed by atoms with E-state index in [1.54, 1.807) is 24.3 Å². The summed E-state index contributed by atoms with van der Waals surface area (Å²) >= 11 is 0. The Bertz CT molecular complexity index is 828. The van der Waals surface area contributed by atoms with Gasteiger partial charge in [0.05, 0.1) is 5.56 Å². The Morgan fingerprint density at radius 2 is 1.42 bits per heavy atom. The van der Waals surface area contributed by atoms with Crippen molar-refractivity contribution in [2.24, 2.45) is 0 Å². The molecule has 128 valence electrons. The van der Waals surface area contributed by atoms with Crippen LogP contribution in [0.3, 0.4) is 0 Å². The number of carbonyl (C=O) groups excluding carboxylic acids is 1. The van der Waals surface area contributed by atoms with Gasteiger partial charge in [-0.15, -0.1) is 0 Å². The van der Waals surface area contributed by atoms with Gasteiger partial charge < -0.3 is 9.84 Å². The van der Waals surface area contributed by atoms with Gasteiger partial charge in [-0.2, -0.15) is 0 Å². The number of carbonyl (C=O) groups is 1. The number of phenolic OH excluding ortho intramolecular Hbond substituents is 1. The molecule has 0 aliphatic heterocycles. The maximum atomic E-state index is 12.4. The zero-order valence-corrected chi connectivity index (χ0v) is 21.2. The van der Waals surface area contributed by atoms with E-state index in [-0.39, 0.29) is 17.8 Å². The van der Waals surface area contributed by atoms with E-state index in [4.69, 9.17) is 4.74 Å². The zero-order chi connectivity index (χ0) is 17.6. The van der Waals surface area contributed by atoms with E-state index < -0.39 is 0 Å². The van der Waals surface area contributed by atoms with E-state index in [2.05, 4.69) is 0 Å². The summed E-state index contributed by atoms with van der Waals surface area (Å²) in [6, 6.07) is 24.0. The minimum absolute atomic E-state index is 0. The first-order chi connectivity index (χ1) is 12.2. The molecular formula is C22H20O3Rf. The standard InChI is InChI=1S/C22H20O3.Rf/c1-2-21(18-6-4-3-5-7-18)25-22(24)19-10-8-16(9-11-19)17-12-14-20(23)15-13-17;/h3-15,21,23H,2H2,1H3;. The Balaban J connectivity index is 0.00000243. The number of benzene rings is 3. The molecule has 0 fully saturated rings. The van der Waals surface area contributed by atoms with Crippen LogP contribution in [0.15, 0.2) is 78.9 Å². The van der Waals surface area contributed by atoms with E-state index in [9.17, 15) is 9.90 Å². The van der Waals surface area contributed by atoms with Crippen molar-refractivity contribution < 1.29 is 14.6 Å². The minimum Gasteiger partial charge on any atom is -0.508 e. The molecule has 0 heterocycles. The van der Waals surface area contributed by atoms with Gasteiger partial charge in [-0.05, 0) is 47.4 Å². The summed E-state index contributed by atoms with van der Waals surface area (Å²) in [4.78, 5) is 12.4. The van der Waals surface area contributed by atoms with Crippen LogP contribution in [0.5, 0.6) is 5.75 Å². The third-order valence-corrected chi connectivity index (χ3v) is 4.11. The Hall–Kier alpha value is -4.07. The number of aromatic hydroxyl groups is 1. The van der Waals surface area contributed by atoms with E-state index in [0.717, 1.165) is 23.1 Å². The van der Waals surface area contributed by atoms with Crippen molar-refractivity contribution in [2.75, 3.05) is 0 Å². The van der Waals surface area contributed by atoms with Crippen molar-refractivity contribution >= 4 is 5.97 Å². The molecule has 0 saturated carbocycles. The van der Waals surface area contributed by atoms with Gasteiger partial charge in [-0.25, -0.2) is 4.79 Å². The van der Waals surface area contributed by atoms with Crippen molar-refractivity contribution in [1.29, 1.82) is 0 Å². The largest absolute Gasteiger partial charge is 0.508 e. The molecule has 0 aliphatic carbocycles. The average Bonchev–Trinajstić information content (AvgIpc) is 2.67. The third-order valence-electron chi connectivity index (χ3n) is 4.11. The molecule has 0 aromatic heterocycles. The number of ether oxygens (including phenoxy) is 1. The smallest absolute Gasteiger partial charge is 0.338 e. The van der Waals surface area contributed by atoms with Gasteiger partial charge in [0.1, 0.15) is 11.9 Å². The molecule has 3 rings (SSSR count). The summed E-state index contributed by atoms with van der Waals surface area (Å²) in [6.45, 7) is 2.00. The van der Waals surface area contributed by atoms with Crippen LogP contribution in [-0.4, -0.2) is 11.1 Å². The topological polar surface area (TPSA) is 46.5 Å². The molecule has 0 amide bonds. The molecule has 26 heavy (non-hydrogen) atoms. The average molecular weight is 599 g/mol. The predicted octanol–water partition coefficient (Wildman–Crippen LogP) is 5.37. The predicted molar refractivity (Wildman–Crippen MR) is 98.4 cm³/mol. The molecule has 0 saturated heterocycles. The van der Waals surface area contributed by atoms with Crippen LogP contribution in [0.25, 0.3) is 11.1 Å². The summed E-state index contributed by atoms with van der Waals surface area (Å²) in [5, 5.41) is 9.36. The van der Waals surface area contributed by atoms with E-state index in [1.165, 1.54) is 0 Å². The van der Waals surface area contributed by atoms with Crippen molar-refractivity contribution in [1.82, 2.24) is 0 Å². The van der Waals surface area contributed by atoms with Gasteiger partial charge in [-0.1, -0.05) is 61.5 Å². The summed E-state index contributed by atoms with van der Waals surface area (Å²) in [5.41, 5.74) is 3.48. The van der Waals surface area contributed by atoms with Crippen LogP contribution in [0.1, 0.15) is 35.4 Å². The van der Waals surface area contributed by atoms with Crippen LogP contribution in [0, 0.1) is 0 Å². The summed E-state index contributed by atoms with van der Waals surface area (Å²) < 4.78 is 5.66. The maximum Gasteiger partial charge on any atom is 0.338 e. The zero-order valence-electron chi connectivity index (χ0n) is 14.8. The third kappa shape index (κ3) is 4.06. The molecule has 0 aliphatic rings. The maximum absolute atomic E-state index is 12.4. The second-order valence-electron chi connectivity index (χ2n) is 5.84. The monoisotopic (exact) mass is 599 g/mol. The molecule has 1 unspecified atom stereocenters. The Labute approximate surface area is 147 Å². The summed E-state index contributed by atoms with van der Waals surface area (Å²) in [6.07, 6.45) is 0.479. The molecule has 3 nitrogen and oxygen atoms in total. The number of hydrogen-bond acceptors (Lipinski definition) is 3. The van der Waals surface area contributed by atoms with E-state index >= 15 is 0 Å². The van der Waals surface area contributed by atoms with Gasteiger partial charge in [-0.3, -0.25) is 0 Å². The van der Waals surface area contributed by atoms with Crippen molar-refractivity contribution in [3.63, 3.8) is 0 Å². The van der Waals surface area contributed by atoms with Crippen LogP contribution in [0.2, 0.25) is 0 Å².